The second kappa shape index (κ2) is 11.2. The number of halogens is 1. The van der Waals surface area contributed by atoms with Gasteiger partial charge in [0.2, 0.25) is 0 Å². The van der Waals surface area contributed by atoms with Crippen LogP contribution < -0.4 is 4.74 Å². The van der Waals surface area contributed by atoms with Crippen molar-refractivity contribution < 1.29 is 48.8 Å². The normalized spacial score (nSPS) is 23.5. The summed E-state index contributed by atoms with van der Waals surface area (Å²) in [6.45, 7) is 1.29. The molecule has 0 spiro atoms. The molecule has 16 heteroatoms. The van der Waals surface area contributed by atoms with Crippen LogP contribution in [-0.4, -0.2) is 51.2 Å². The highest BCUT2D eigenvalue weighted by atomic mass is 35.5. The van der Waals surface area contributed by atoms with Gasteiger partial charge in [-0.2, -0.15) is 0 Å². The summed E-state index contributed by atoms with van der Waals surface area (Å²) in [5.41, 5.74) is 0.758. The summed E-state index contributed by atoms with van der Waals surface area (Å²) in [6, 6.07) is 7.06. The van der Waals surface area contributed by atoms with Crippen LogP contribution in [-0.2, 0) is 30.6 Å². The number of aryl methyl sites for hydroxylation is 1. The molecule has 15 nitrogen and oxygen atoms in total. The molecular weight excluding hydrogens is 546 g/mol. The third-order valence-electron chi connectivity index (χ3n) is 6.68. The van der Waals surface area contributed by atoms with E-state index in [1.165, 1.54) is 0 Å². The number of hydrogen-bond donors (Lipinski definition) is 1. The molecule has 1 aliphatic heterocycles. The van der Waals surface area contributed by atoms with Gasteiger partial charge in [-0.3, -0.25) is 9.78 Å². The zero-order chi connectivity index (χ0) is 28.3. The van der Waals surface area contributed by atoms with Crippen LogP contribution in [0.1, 0.15) is 47.8 Å². The van der Waals surface area contributed by atoms with Gasteiger partial charge in [-0.05, 0) is 43.9 Å². The van der Waals surface area contributed by atoms with Crippen molar-refractivity contribution >= 4 is 23.7 Å². The molecule has 1 aromatic carbocycles. The molecule has 0 amide bonds. The number of aromatic nitrogens is 1. The standard InChI is InChI=1S/C23H22ClN3O12/c1-12-19(16-11-36-20(15(16)10-25-12)13-2-4-14(24)5-3-13)37-22(30)35-7-6-23(21(28)29)8-17(38-26(31)32)18(9-23)39-27(33)34/h2-5,10,17-18,20H,6-9,11H2,1H3,(H,28,29)/t17-,18+,20?,23+. The van der Waals surface area contributed by atoms with Crippen LogP contribution in [0.2, 0.25) is 5.02 Å². The SMILES string of the molecule is Cc1ncc2c(c1OC(=O)OCC[C@@]1(C(=O)O)C[C@H](O[N+](=O)[O-])[C@H](O[N+](=O)[O-])C1)COC2c1ccc(Cl)cc1. The second-order valence-electron chi connectivity index (χ2n) is 9.03. The molecule has 0 saturated heterocycles. The van der Waals surface area contributed by atoms with Gasteiger partial charge in [0.05, 0.1) is 24.3 Å². The van der Waals surface area contributed by atoms with E-state index >= 15 is 0 Å². The molecule has 0 radical (unpaired) electrons. The number of rotatable bonds is 10. The van der Waals surface area contributed by atoms with Gasteiger partial charge in [-0.25, -0.2) is 4.79 Å². The van der Waals surface area contributed by atoms with Gasteiger partial charge in [-0.15, -0.1) is 20.2 Å². The predicted molar refractivity (Wildman–Crippen MR) is 127 cm³/mol. The Labute approximate surface area is 224 Å². The Morgan fingerprint density at radius 3 is 2.33 bits per heavy atom. The Balaban J connectivity index is 1.42. The fraction of sp³-hybridized carbons (Fsp3) is 0.435. The van der Waals surface area contributed by atoms with E-state index in [1.807, 2.05) is 0 Å². The fourth-order valence-corrected chi connectivity index (χ4v) is 4.93. The van der Waals surface area contributed by atoms with Crippen molar-refractivity contribution in [3.8, 4) is 5.75 Å². The third-order valence-corrected chi connectivity index (χ3v) is 6.93. The predicted octanol–water partition coefficient (Wildman–Crippen LogP) is 3.59. The third kappa shape index (κ3) is 6.09. The molecule has 0 bridgehead atoms. The van der Waals surface area contributed by atoms with Gasteiger partial charge in [-0.1, -0.05) is 23.7 Å². The Bertz CT molecular complexity index is 1260. The van der Waals surface area contributed by atoms with Gasteiger partial charge in [0, 0.05) is 22.3 Å². The van der Waals surface area contributed by atoms with Crippen LogP contribution in [0.25, 0.3) is 0 Å². The molecule has 2 heterocycles. The maximum absolute atomic E-state index is 12.5. The number of nitrogens with zero attached hydrogens (tertiary/aromatic N) is 3. The molecule has 1 saturated carbocycles. The van der Waals surface area contributed by atoms with Crippen LogP contribution in [0.5, 0.6) is 5.75 Å². The topological polar surface area (TPSA) is 200 Å². The zero-order valence-electron chi connectivity index (χ0n) is 20.3. The average molecular weight is 568 g/mol. The number of fused-ring (bicyclic) bond motifs is 1. The van der Waals surface area contributed by atoms with Crippen LogP contribution in [0.15, 0.2) is 30.5 Å². The summed E-state index contributed by atoms with van der Waals surface area (Å²) < 4.78 is 16.4. The lowest BCUT2D eigenvalue weighted by Crippen LogP contribution is -2.31. The van der Waals surface area contributed by atoms with E-state index < -0.39 is 65.5 Å². The van der Waals surface area contributed by atoms with E-state index in [9.17, 15) is 34.9 Å². The highest BCUT2D eigenvalue weighted by molar-refractivity contribution is 6.30. The first-order chi connectivity index (χ1) is 18.5. The summed E-state index contributed by atoms with van der Waals surface area (Å²) in [4.78, 5) is 59.2. The highest BCUT2D eigenvalue weighted by Gasteiger charge is 2.53. The Morgan fingerprint density at radius 1 is 1.15 bits per heavy atom. The molecule has 2 aromatic rings. The molecule has 1 aliphatic carbocycles. The minimum atomic E-state index is -1.74. The monoisotopic (exact) mass is 567 g/mol. The molecule has 2 aliphatic rings. The van der Waals surface area contributed by atoms with Crippen LogP contribution in [0, 0.1) is 32.6 Å². The molecule has 208 valence electrons. The first kappa shape index (κ1) is 27.8. The van der Waals surface area contributed by atoms with Crippen molar-refractivity contribution in [1.29, 1.82) is 0 Å². The second-order valence-corrected chi connectivity index (χ2v) is 9.46. The lowest BCUT2D eigenvalue weighted by atomic mass is 9.83. The summed E-state index contributed by atoms with van der Waals surface area (Å²) in [6.07, 6.45) is -4.25. The minimum absolute atomic E-state index is 0.131. The van der Waals surface area contributed by atoms with Gasteiger partial charge >= 0.3 is 12.1 Å². The molecule has 4 rings (SSSR count). The Morgan fingerprint density at radius 2 is 1.77 bits per heavy atom. The van der Waals surface area contributed by atoms with Crippen molar-refractivity contribution in [1.82, 2.24) is 4.98 Å². The number of carboxylic acids is 1. The first-order valence-corrected chi connectivity index (χ1v) is 11.9. The summed E-state index contributed by atoms with van der Waals surface area (Å²) >= 11 is 5.96. The summed E-state index contributed by atoms with van der Waals surface area (Å²) in [7, 11) is 0. The van der Waals surface area contributed by atoms with E-state index in [0.717, 1.165) is 5.56 Å². The molecule has 1 N–H and O–H groups in total. The van der Waals surface area contributed by atoms with Gasteiger partial charge in [0.1, 0.15) is 18.3 Å². The molecule has 4 atom stereocenters. The largest absolute Gasteiger partial charge is 0.513 e. The number of pyridine rings is 1. The molecule has 39 heavy (non-hydrogen) atoms. The lowest BCUT2D eigenvalue weighted by molar-refractivity contribution is -0.797. The summed E-state index contributed by atoms with van der Waals surface area (Å²) in [5, 5.41) is 29.5. The van der Waals surface area contributed by atoms with Crippen LogP contribution in [0.4, 0.5) is 4.79 Å². The highest BCUT2D eigenvalue weighted by Crippen LogP contribution is 2.45. The minimum Gasteiger partial charge on any atom is -0.481 e. The fourth-order valence-electron chi connectivity index (χ4n) is 4.81. The van der Waals surface area contributed by atoms with Crippen molar-refractivity contribution in [3.63, 3.8) is 0 Å². The molecule has 1 aromatic heterocycles. The number of carbonyl (C=O) groups is 2. The van der Waals surface area contributed by atoms with E-state index in [1.54, 1.807) is 37.4 Å². The molecular formula is C23H22ClN3O12. The quantitative estimate of drug-likeness (QED) is 0.248. The van der Waals surface area contributed by atoms with Gasteiger partial charge in [0.25, 0.3) is 10.2 Å². The molecule has 1 unspecified atom stereocenters. The maximum Gasteiger partial charge on any atom is 0.513 e. The molecule has 1 fully saturated rings. The van der Waals surface area contributed by atoms with Crippen molar-refractivity contribution in [3.05, 3.63) is 78.1 Å². The van der Waals surface area contributed by atoms with Gasteiger partial charge < -0.3 is 29.0 Å². The lowest BCUT2D eigenvalue weighted by Gasteiger charge is -2.23. The smallest absolute Gasteiger partial charge is 0.481 e. The van der Waals surface area contributed by atoms with E-state index in [0.29, 0.717) is 21.8 Å². The van der Waals surface area contributed by atoms with E-state index in [-0.39, 0.29) is 18.8 Å². The number of hydrogen-bond acceptors (Lipinski definition) is 12. The van der Waals surface area contributed by atoms with Crippen molar-refractivity contribution in [2.45, 2.75) is 51.1 Å². The summed E-state index contributed by atoms with van der Waals surface area (Å²) in [5.74, 6) is -1.26. The number of carboxylic acid groups (broad SMARTS) is 1. The number of benzene rings is 1. The number of carbonyl (C=O) groups excluding carboxylic acids is 1. The van der Waals surface area contributed by atoms with E-state index in [2.05, 4.69) is 14.7 Å². The Kier molecular flexibility index (Phi) is 8.01. The zero-order valence-corrected chi connectivity index (χ0v) is 21.1. The maximum atomic E-state index is 12.5. The van der Waals surface area contributed by atoms with Crippen molar-refractivity contribution in [2.24, 2.45) is 5.41 Å². The first-order valence-electron chi connectivity index (χ1n) is 11.5. The number of ether oxygens (including phenoxy) is 3. The van der Waals surface area contributed by atoms with E-state index in [4.69, 9.17) is 25.8 Å². The van der Waals surface area contributed by atoms with Crippen LogP contribution in [0.3, 0.4) is 0 Å². The average Bonchev–Trinajstić information content (AvgIpc) is 3.43. The van der Waals surface area contributed by atoms with Crippen LogP contribution >= 0.6 is 11.6 Å². The number of aliphatic carboxylic acids is 1. The van der Waals surface area contributed by atoms with Crippen molar-refractivity contribution in [2.75, 3.05) is 6.61 Å². The van der Waals surface area contributed by atoms with Gasteiger partial charge in [0.15, 0.2) is 5.75 Å². The Hall–Kier alpha value is -4.24.